The van der Waals surface area contributed by atoms with E-state index in [1.54, 1.807) is 12.4 Å². The second kappa shape index (κ2) is 7.01. The molecule has 1 aromatic heterocycles. The number of carbonyl (C=O) groups is 1. The molecule has 5 heteroatoms. The number of aromatic nitrogens is 1. The summed E-state index contributed by atoms with van der Waals surface area (Å²) in [6.45, 7) is 9.14. The summed E-state index contributed by atoms with van der Waals surface area (Å²) < 4.78 is 5.37. The van der Waals surface area contributed by atoms with Crippen LogP contribution in [0.15, 0.2) is 30.6 Å². The average Bonchev–Trinajstić information content (AvgIpc) is 2.59. The van der Waals surface area contributed by atoms with Crippen LogP contribution in [-0.4, -0.2) is 37.2 Å². The lowest BCUT2D eigenvalue weighted by atomic mass is 10.0. The Morgan fingerprint density at radius 2 is 1.75 bits per heavy atom. The van der Waals surface area contributed by atoms with Crippen LogP contribution in [0.5, 0.6) is 0 Å². The lowest BCUT2D eigenvalue weighted by Crippen LogP contribution is -2.36. The van der Waals surface area contributed by atoms with E-state index < -0.39 is 0 Å². The van der Waals surface area contributed by atoms with Gasteiger partial charge in [0, 0.05) is 25.0 Å². The summed E-state index contributed by atoms with van der Waals surface area (Å²) in [4.78, 5) is 19.1. The largest absolute Gasteiger partial charge is 0.378 e. The van der Waals surface area contributed by atoms with Crippen molar-refractivity contribution < 1.29 is 9.53 Å². The first-order chi connectivity index (χ1) is 11.5. The van der Waals surface area contributed by atoms with Crippen molar-refractivity contribution in [1.29, 1.82) is 0 Å². The van der Waals surface area contributed by atoms with Crippen LogP contribution in [0.3, 0.4) is 0 Å². The number of nitrogens with one attached hydrogen (secondary N) is 1. The van der Waals surface area contributed by atoms with Crippen LogP contribution in [0.4, 0.5) is 11.4 Å². The maximum atomic E-state index is 12.6. The van der Waals surface area contributed by atoms with Gasteiger partial charge in [-0.25, -0.2) is 0 Å². The van der Waals surface area contributed by atoms with E-state index in [2.05, 4.69) is 34.3 Å². The fourth-order valence-electron chi connectivity index (χ4n) is 3.11. The summed E-state index contributed by atoms with van der Waals surface area (Å²) in [5.74, 6) is -0.132. The standard InChI is InChI=1S/C19H23N3O2/c1-13-8-14(2)18(15(3)9-13)21-19(23)16-10-17(12-20-11-16)22-4-6-24-7-5-22/h8-12H,4-7H2,1-3H3,(H,21,23). The maximum Gasteiger partial charge on any atom is 0.257 e. The van der Waals surface area contributed by atoms with Crippen molar-refractivity contribution in [2.75, 3.05) is 36.5 Å². The van der Waals surface area contributed by atoms with Gasteiger partial charge in [0.2, 0.25) is 0 Å². The molecule has 0 spiro atoms. The Hall–Kier alpha value is -2.40. The number of hydrogen-bond acceptors (Lipinski definition) is 4. The third kappa shape index (κ3) is 3.57. The summed E-state index contributed by atoms with van der Waals surface area (Å²) in [7, 11) is 0. The van der Waals surface area contributed by atoms with Gasteiger partial charge in [0.15, 0.2) is 0 Å². The highest BCUT2D eigenvalue weighted by Gasteiger charge is 2.15. The monoisotopic (exact) mass is 325 g/mol. The Morgan fingerprint density at radius 1 is 1.08 bits per heavy atom. The van der Waals surface area contributed by atoms with Crippen LogP contribution in [0.1, 0.15) is 27.0 Å². The van der Waals surface area contributed by atoms with Crippen molar-refractivity contribution in [2.24, 2.45) is 0 Å². The predicted molar refractivity (Wildman–Crippen MR) is 95.9 cm³/mol. The minimum absolute atomic E-state index is 0.132. The fourth-order valence-corrected chi connectivity index (χ4v) is 3.11. The zero-order valence-electron chi connectivity index (χ0n) is 14.4. The highest BCUT2D eigenvalue weighted by Crippen LogP contribution is 2.23. The molecule has 0 radical (unpaired) electrons. The first-order valence-corrected chi connectivity index (χ1v) is 8.21. The number of benzene rings is 1. The lowest BCUT2D eigenvalue weighted by molar-refractivity contribution is 0.102. The lowest BCUT2D eigenvalue weighted by Gasteiger charge is -2.28. The Morgan fingerprint density at radius 3 is 2.42 bits per heavy atom. The van der Waals surface area contributed by atoms with Crippen molar-refractivity contribution in [3.8, 4) is 0 Å². The average molecular weight is 325 g/mol. The molecule has 1 amide bonds. The van der Waals surface area contributed by atoms with Gasteiger partial charge in [-0.1, -0.05) is 17.7 Å². The molecule has 0 atom stereocenters. The molecule has 1 aliphatic rings. The topological polar surface area (TPSA) is 54.5 Å². The molecule has 1 aromatic carbocycles. The molecule has 1 fully saturated rings. The molecule has 1 aliphatic heterocycles. The van der Waals surface area contributed by atoms with E-state index in [9.17, 15) is 4.79 Å². The molecule has 0 bridgehead atoms. The van der Waals surface area contributed by atoms with Crippen molar-refractivity contribution in [3.63, 3.8) is 0 Å². The van der Waals surface area contributed by atoms with Crippen LogP contribution in [-0.2, 0) is 4.74 Å². The Balaban J connectivity index is 1.80. The van der Waals surface area contributed by atoms with Gasteiger partial charge in [0.05, 0.1) is 30.7 Å². The summed E-state index contributed by atoms with van der Waals surface area (Å²) in [6, 6.07) is 6.04. The Labute approximate surface area is 142 Å². The van der Waals surface area contributed by atoms with Crippen LogP contribution < -0.4 is 10.2 Å². The summed E-state index contributed by atoms with van der Waals surface area (Å²) in [5, 5.41) is 3.03. The zero-order chi connectivity index (χ0) is 17.1. The number of aryl methyl sites for hydroxylation is 3. The van der Waals surface area contributed by atoms with Crippen LogP contribution in [0, 0.1) is 20.8 Å². The minimum Gasteiger partial charge on any atom is -0.378 e. The molecule has 126 valence electrons. The van der Waals surface area contributed by atoms with Gasteiger partial charge in [-0.2, -0.15) is 0 Å². The van der Waals surface area contributed by atoms with Gasteiger partial charge in [0.25, 0.3) is 5.91 Å². The van der Waals surface area contributed by atoms with Crippen molar-refractivity contribution in [2.45, 2.75) is 20.8 Å². The number of nitrogens with zero attached hydrogens (tertiary/aromatic N) is 2. The van der Waals surface area contributed by atoms with Gasteiger partial charge in [0.1, 0.15) is 0 Å². The SMILES string of the molecule is Cc1cc(C)c(NC(=O)c2cncc(N3CCOCC3)c2)c(C)c1. The first kappa shape index (κ1) is 16.5. The van der Waals surface area contributed by atoms with Crippen molar-refractivity contribution in [3.05, 3.63) is 52.8 Å². The molecule has 0 aliphatic carbocycles. The number of rotatable bonds is 3. The van der Waals surface area contributed by atoms with Gasteiger partial charge >= 0.3 is 0 Å². The van der Waals surface area contributed by atoms with E-state index in [0.29, 0.717) is 18.8 Å². The Bertz CT molecular complexity index is 729. The summed E-state index contributed by atoms with van der Waals surface area (Å²) in [6.07, 6.45) is 3.41. The zero-order valence-corrected chi connectivity index (χ0v) is 14.4. The molecule has 1 N–H and O–H groups in total. The molecular formula is C19H23N3O2. The third-order valence-corrected chi connectivity index (χ3v) is 4.28. The van der Waals surface area contributed by atoms with E-state index in [0.717, 1.165) is 35.6 Å². The molecule has 5 nitrogen and oxygen atoms in total. The molecule has 0 saturated carbocycles. The Kier molecular flexibility index (Phi) is 4.81. The van der Waals surface area contributed by atoms with E-state index >= 15 is 0 Å². The predicted octanol–water partition coefficient (Wildman–Crippen LogP) is 3.10. The molecule has 24 heavy (non-hydrogen) atoms. The third-order valence-electron chi connectivity index (χ3n) is 4.28. The van der Waals surface area contributed by atoms with E-state index in [1.165, 1.54) is 5.56 Å². The highest BCUT2D eigenvalue weighted by molar-refractivity contribution is 6.05. The van der Waals surface area contributed by atoms with Crippen LogP contribution in [0.2, 0.25) is 0 Å². The maximum absolute atomic E-state index is 12.6. The molecule has 3 rings (SSSR count). The summed E-state index contributed by atoms with van der Waals surface area (Å²) >= 11 is 0. The highest BCUT2D eigenvalue weighted by atomic mass is 16.5. The number of morpholine rings is 1. The minimum atomic E-state index is -0.132. The molecule has 2 heterocycles. The fraction of sp³-hybridized carbons (Fsp3) is 0.368. The van der Waals surface area contributed by atoms with Crippen LogP contribution >= 0.6 is 0 Å². The number of ether oxygens (including phenoxy) is 1. The number of amides is 1. The van der Waals surface area contributed by atoms with Gasteiger partial charge < -0.3 is 15.0 Å². The van der Waals surface area contributed by atoms with E-state index in [-0.39, 0.29) is 5.91 Å². The van der Waals surface area contributed by atoms with Crippen molar-refractivity contribution in [1.82, 2.24) is 4.98 Å². The van der Waals surface area contributed by atoms with Crippen LogP contribution in [0.25, 0.3) is 0 Å². The first-order valence-electron chi connectivity index (χ1n) is 8.21. The molecule has 0 unspecified atom stereocenters. The molecule has 2 aromatic rings. The van der Waals surface area contributed by atoms with E-state index in [1.807, 2.05) is 19.9 Å². The van der Waals surface area contributed by atoms with Gasteiger partial charge in [-0.3, -0.25) is 9.78 Å². The van der Waals surface area contributed by atoms with E-state index in [4.69, 9.17) is 4.74 Å². The number of anilines is 2. The van der Waals surface area contributed by atoms with Gasteiger partial charge in [-0.05, 0) is 38.0 Å². The second-order valence-electron chi connectivity index (χ2n) is 6.26. The second-order valence-corrected chi connectivity index (χ2v) is 6.26. The summed E-state index contributed by atoms with van der Waals surface area (Å²) in [5.41, 5.74) is 5.74. The van der Waals surface area contributed by atoms with Crippen molar-refractivity contribution >= 4 is 17.3 Å². The molecular weight excluding hydrogens is 302 g/mol. The smallest absolute Gasteiger partial charge is 0.257 e. The number of carbonyl (C=O) groups excluding carboxylic acids is 1. The number of pyridine rings is 1. The quantitative estimate of drug-likeness (QED) is 0.942. The molecule has 1 saturated heterocycles. The number of hydrogen-bond donors (Lipinski definition) is 1. The van der Waals surface area contributed by atoms with Gasteiger partial charge in [-0.15, -0.1) is 0 Å². The normalized spacial score (nSPS) is 14.5.